The van der Waals surface area contributed by atoms with Crippen molar-refractivity contribution in [3.8, 4) is 0 Å². The maximum absolute atomic E-state index is 12.2. The van der Waals surface area contributed by atoms with Crippen LogP contribution in [0.2, 0.25) is 0 Å². The third-order valence-electron chi connectivity index (χ3n) is 32.8. The first kappa shape index (κ1) is 108. The molecule has 0 amide bonds. The fraction of sp³-hybridized carbons (Fsp3) is 0.842. The van der Waals surface area contributed by atoms with Crippen LogP contribution in [0.25, 0.3) is 0 Å². The molecule has 17 fully saturated rings. The number of allylic oxidation sites excluding steroid dienone is 1. The van der Waals surface area contributed by atoms with Gasteiger partial charge in [-0.05, 0) is 286 Å². The van der Waals surface area contributed by atoms with E-state index in [0.29, 0.717) is 68.1 Å². The van der Waals surface area contributed by atoms with Crippen LogP contribution in [-0.4, -0.2) is 219 Å². The monoisotopic (exact) mass is 1900 g/mol. The van der Waals surface area contributed by atoms with Crippen LogP contribution in [0.3, 0.4) is 0 Å². The Labute approximate surface area is 789 Å². The van der Waals surface area contributed by atoms with Gasteiger partial charge in [0.2, 0.25) is 24.4 Å². The van der Waals surface area contributed by atoms with E-state index in [-0.39, 0.29) is 138 Å². The zero-order chi connectivity index (χ0) is 99.5. The molecule has 8 saturated carbocycles. The van der Waals surface area contributed by atoms with Gasteiger partial charge in [-0.2, -0.15) is 0 Å². The highest BCUT2D eigenvalue weighted by molar-refractivity contribution is 5.87. The van der Waals surface area contributed by atoms with E-state index in [1.807, 2.05) is 158 Å². The number of hydrogen-bond donors (Lipinski definition) is 2. The summed E-state index contributed by atoms with van der Waals surface area (Å²) in [5.74, 6) is 4.03. The molecule has 18 aliphatic rings. The molecule has 0 aromatic rings. The second-order valence-corrected chi connectivity index (χ2v) is 44.5. The standard InChI is InChI=1S/C16H24O6.C14H18O2.C13H20O4.C13H18O4.C12H18O7.C10H16O4.C9H12O2.2C7H14O2/c1-6-15(2,3)14(18)20-11-8-7-9-12(10(8)19-13(11)17)22-16(4,5)21-9;15-14-13-9-4-8(10(13)5-16-14)11-6-1-2-7(3-6)12(9)11;2*1-4-13(2,3)12(15)17-10-8-6-5-7-9(8)16-11(10)14;1-4-12(2,3)11(16)19-8-7-6(17-10(8)15)5(13)9(14)18-7;1-4-10(2,3)9(12)14-7-5-8(11)13-6-7;10-9-8-6-2-1-5(3-6)7(8)4-11-9;2*1-5-7(2,3)6(8)9-4/h8-12H,6-7H2,1-5H3;6-13H,1-5H2;8-10H,4-7H2,1-3H3;5,7-10H,4,6H2,1-3H3;5-9,13-14H,4H2,1-3H3;7H,4-6H2,1-3H3;5-8H,1-4H2;2*5H2,1-4H3. The summed E-state index contributed by atoms with van der Waals surface area (Å²) in [4.78, 5) is 162. The third-order valence-corrected chi connectivity index (χ3v) is 32.8. The van der Waals surface area contributed by atoms with Gasteiger partial charge in [-0.1, -0.05) is 54.5 Å². The first-order chi connectivity index (χ1) is 62.6. The van der Waals surface area contributed by atoms with Crippen LogP contribution >= 0.6 is 0 Å². The summed E-state index contributed by atoms with van der Waals surface area (Å²) in [6.45, 7) is 44.3. The lowest BCUT2D eigenvalue weighted by Gasteiger charge is -2.38. The maximum atomic E-state index is 12.2. The van der Waals surface area contributed by atoms with Crippen LogP contribution in [0.1, 0.15) is 288 Å². The minimum absolute atomic E-state index is 0.0231. The molecule has 18 rings (SSSR count). The number of carbonyl (C=O) groups excluding carboxylic acids is 14. The summed E-state index contributed by atoms with van der Waals surface area (Å²) < 4.78 is 88.1. The van der Waals surface area contributed by atoms with Crippen molar-refractivity contribution >= 4 is 83.6 Å². The largest absolute Gasteiger partial charge is 0.469 e. The van der Waals surface area contributed by atoms with Crippen molar-refractivity contribution in [1.82, 2.24) is 0 Å². The van der Waals surface area contributed by atoms with Gasteiger partial charge in [-0.3, -0.25) is 47.9 Å². The quantitative estimate of drug-likeness (QED) is 0.0525. The Hall–Kier alpha value is -7.88. The summed E-state index contributed by atoms with van der Waals surface area (Å²) in [6.07, 6.45) is 13.3. The van der Waals surface area contributed by atoms with Gasteiger partial charge < -0.3 is 90.7 Å². The molecule has 0 aromatic carbocycles. The maximum Gasteiger partial charge on any atom is 0.350 e. The number of carbonyl (C=O) groups is 14. The Kier molecular flexibility index (Phi) is 34.9. The van der Waals surface area contributed by atoms with Gasteiger partial charge in [-0.15, -0.1) is 0 Å². The minimum Gasteiger partial charge on any atom is -0.469 e. The molecule has 0 aromatic heterocycles. The highest BCUT2D eigenvalue weighted by Crippen LogP contribution is 2.71. The fourth-order valence-corrected chi connectivity index (χ4v) is 21.4. The van der Waals surface area contributed by atoms with E-state index in [9.17, 15) is 77.3 Å². The summed E-state index contributed by atoms with van der Waals surface area (Å²) in [7, 11) is 2.83. The summed E-state index contributed by atoms with van der Waals surface area (Å²) in [6, 6.07) is 0. The van der Waals surface area contributed by atoms with Gasteiger partial charge in [0.15, 0.2) is 18.2 Å². The Balaban J connectivity index is 0.000000158. The Morgan fingerprint density at radius 3 is 1.30 bits per heavy atom. The molecule has 33 nitrogen and oxygen atoms in total. The summed E-state index contributed by atoms with van der Waals surface area (Å²) >= 11 is 0. The van der Waals surface area contributed by atoms with Crippen molar-refractivity contribution in [2.45, 2.75) is 379 Å². The molecule has 0 radical (unpaired) electrons. The SMILES string of the molecule is CCC(C)(C)C(=O)OC.CCC(C)(C)C(=O)OC.CCC(C)(C)C(=O)OC1C(=O)OC2C(O)C(O)OC12.CCC(C)(C)C(=O)OC1C(=O)OC2C1CC1OC(C)(C)OC12.CCC(C)(C)C(=O)OC1C(=O)OC2C=CCC21.CCC(C)(C)C(=O)OC1C(=O)OC2CCCC21.CCC(C)(C)C(=O)OC1COC(=O)C1.O=C1OCC2C3CC(C12)C1C2CCC(C2)C31.O=C1OCC2C3CCC(C3)C12. The number of fused-ring (bicyclic) bond motifs is 23. The second-order valence-electron chi connectivity index (χ2n) is 44.5. The molecule has 33 heteroatoms. The molecule has 0 spiro atoms. The van der Waals surface area contributed by atoms with Crippen molar-refractivity contribution in [1.29, 1.82) is 0 Å². The Bertz CT molecular complexity index is 4210. The highest BCUT2D eigenvalue weighted by atomic mass is 16.8. The van der Waals surface area contributed by atoms with Crippen LogP contribution in [0, 0.1) is 127 Å². The predicted molar refractivity (Wildman–Crippen MR) is 477 cm³/mol. The molecule has 9 aliphatic heterocycles. The lowest BCUT2D eigenvalue weighted by Crippen LogP contribution is -2.39. The second kappa shape index (κ2) is 43.2. The van der Waals surface area contributed by atoms with E-state index in [1.54, 1.807) is 13.8 Å². The molecule has 9 saturated heterocycles. The van der Waals surface area contributed by atoms with E-state index in [4.69, 9.17) is 71.1 Å². The van der Waals surface area contributed by atoms with E-state index in [1.165, 1.54) is 59.2 Å². The lowest BCUT2D eigenvalue weighted by atomic mass is 9.64. The highest BCUT2D eigenvalue weighted by Gasteiger charge is 2.70. The summed E-state index contributed by atoms with van der Waals surface area (Å²) in [5.41, 5.74) is -3.52. The van der Waals surface area contributed by atoms with Gasteiger partial charge in [0.1, 0.15) is 49.3 Å². The van der Waals surface area contributed by atoms with Crippen molar-refractivity contribution in [3.63, 3.8) is 0 Å². The van der Waals surface area contributed by atoms with Crippen LogP contribution in [0.5, 0.6) is 0 Å². The van der Waals surface area contributed by atoms with Crippen molar-refractivity contribution < 1.29 is 158 Å². The van der Waals surface area contributed by atoms with Crippen molar-refractivity contribution in [2.75, 3.05) is 34.0 Å². The third kappa shape index (κ3) is 23.6. The van der Waals surface area contributed by atoms with Crippen LogP contribution in [0.4, 0.5) is 0 Å². The molecule has 134 heavy (non-hydrogen) atoms. The number of aliphatic hydroxyl groups excluding tert-OH is 2. The molecule has 6 bridgehead atoms. The molecule has 9 heterocycles. The number of hydrogen-bond acceptors (Lipinski definition) is 33. The first-order valence-electron chi connectivity index (χ1n) is 49.1. The van der Waals surface area contributed by atoms with E-state index >= 15 is 0 Å². The van der Waals surface area contributed by atoms with Gasteiger partial charge in [0.05, 0.1) is 95.6 Å². The van der Waals surface area contributed by atoms with Crippen molar-refractivity contribution in [3.05, 3.63) is 12.2 Å². The average Bonchev–Trinajstić information content (AvgIpc) is 1.52. The molecular weight excluding hydrogens is 1740 g/mol. The first-order valence-corrected chi connectivity index (χ1v) is 49.1. The molecule has 2 N–H and O–H groups in total. The van der Waals surface area contributed by atoms with Crippen LogP contribution in [0.15, 0.2) is 12.2 Å². The molecule has 29 atom stereocenters. The van der Waals surface area contributed by atoms with E-state index in [0.717, 1.165) is 93.2 Å². The predicted octanol–water partition coefficient (Wildman–Crippen LogP) is 12.8. The van der Waals surface area contributed by atoms with Crippen LogP contribution in [-0.2, 0) is 148 Å². The number of rotatable bonds is 19. The Morgan fingerprint density at radius 2 is 0.806 bits per heavy atom. The topological polar surface area (TPSA) is 436 Å². The lowest BCUT2D eigenvalue weighted by molar-refractivity contribution is -0.185. The normalized spacial score (nSPS) is 35.8. The minimum atomic E-state index is -1.44. The van der Waals surface area contributed by atoms with E-state index in [2.05, 4.69) is 9.47 Å². The van der Waals surface area contributed by atoms with Crippen LogP contribution < -0.4 is 0 Å². The Morgan fingerprint density at radius 1 is 0.381 bits per heavy atom. The number of methoxy groups -OCH3 is 2. The van der Waals surface area contributed by atoms with Gasteiger partial charge in [0.25, 0.3) is 0 Å². The zero-order valence-corrected chi connectivity index (χ0v) is 83.7. The molecule has 9 aliphatic carbocycles. The number of aliphatic hydroxyl groups is 2. The smallest absolute Gasteiger partial charge is 0.350 e. The summed E-state index contributed by atoms with van der Waals surface area (Å²) in [5, 5.41) is 18.9. The van der Waals surface area contributed by atoms with Gasteiger partial charge in [-0.25, -0.2) is 19.2 Å². The molecular formula is C101H154O33. The number of cyclic esters (lactones) is 3. The fourth-order valence-electron chi connectivity index (χ4n) is 21.4. The number of ether oxygens (including phenoxy) is 17. The van der Waals surface area contributed by atoms with Crippen molar-refractivity contribution in [2.24, 2.45) is 127 Å². The number of esters is 14. The van der Waals surface area contributed by atoms with Gasteiger partial charge >= 0.3 is 83.6 Å². The zero-order valence-electron chi connectivity index (χ0n) is 83.7. The average molecular weight is 1900 g/mol. The molecule has 756 valence electrons. The molecule has 29 unspecified atom stereocenters. The van der Waals surface area contributed by atoms with E-state index < -0.39 is 106 Å². The van der Waals surface area contributed by atoms with Gasteiger partial charge in [0, 0.05) is 23.7 Å².